The third kappa shape index (κ3) is 6.52. The Bertz CT molecular complexity index is 193. The molecule has 0 heterocycles. The number of hydrogen-bond donors (Lipinski definition) is 1. The van der Waals surface area contributed by atoms with Crippen LogP contribution in [-0.2, 0) is 9.59 Å². The van der Waals surface area contributed by atoms with E-state index in [0.29, 0.717) is 0 Å². The lowest BCUT2D eigenvalue weighted by Crippen LogP contribution is -2.23. The Labute approximate surface area is 65.2 Å². The van der Waals surface area contributed by atoms with Crippen LogP contribution in [0.2, 0.25) is 0 Å². The SMILES string of the molecule is CC(=O)CCC(=O)NCC#N. The molecular formula is C7H10N2O2. The highest BCUT2D eigenvalue weighted by atomic mass is 16.2. The summed E-state index contributed by atoms with van der Waals surface area (Å²) in [4.78, 5) is 21.1. The fraction of sp³-hybridized carbons (Fsp3) is 0.571. The van der Waals surface area contributed by atoms with Gasteiger partial charge in [0, 0.05) is 12.8 Å². The average molecular weight is 154 g/mol. The highest BCUT2D eigenvalue weighted by molar-refractivity contribution is 5.83. The van der Waals surface area contributed by atoms with Crippen molar-refractivity contribution in [3.8, 4) is 6.07 Å². The van der Waals surface area contributed by atoms with Crippen LogP contribution in [0.25, 0.3) is 0 Å². The molecule has 0 bridgehead atoms. The van der Waals surface area contributed by atoms with Gasteiger partial charge < -0.3 is 10.1 Å². The van der Waals surface area contributed by atoms with E-state index in [4.69, 9.17) is 5.26 Å². The van der Waals surface area contributed by atoms with Gasteiger partial charge in [-0.1, -0.05) is 0 Å². The molecule has 1 N–H and O–H groups in total. The van der Waals surface area contributed by atoms with Crippen LogP contribution in [0, 0.1) is 11.3 Å². The van der Waals surface area contributed by atoms with Crippen LogP contribution in [0.15, 0.2) is 0 Å². The number of carbonyl (C=O) groups is 2. The zero-order chi connectivity index (χ0) is 8.69. The molecule has 4 heteroatoms. The Morgan fingerprint density at radius 3 is 2.55 bits per heavy atom. The Morgan fingerprint density at radius 1 is 1.45 bits per heavy atom. The maximum Gasteiger partial charge on any atom is 0.221 e. The van der Waals surface area contributed by atoms with Crippen molar-refractivity contribution in [2.75, 3.05) is 6.54 Å². The van der Waals surface area contributed by atoms with Gasteiger partial charge in [-0.25, -0.2) is 0 Å². The van der Waals surface area contributed by atoms with Gasteiger partial charge in [0.2, 0.25) is 5.91 Å². The third-order valence-corrected chi connectivity index (χ3v) is 1.07. The number of rotatable bonds is 4. The molecule has 0 spiro atoms. The average Bonchev–Trinajstić information content (AvgIpc) is 1.97. The van der Waals surface area contributed by atoms with E-state index in [9.17, 15) is 9.59 Å². The largest absolute Gasteiger partial charge is 0.343 e. The monoisotopic (exact) mass is 154 g/mol. The summed E-state index contributed by atoms with van der Waals surface area (Å²) in [6, 6.07) is 1.77. The first-order valence-electron chi connectivity index (χ1n) is 3.30. The number of amides is 1. The summed E-state index contributed by atoms with van der Waals surface area (Å²) < 4.78 is 0. The maximum absolute atomic E-state index is 10.7. The van der Waals surface area contributed by atoms with Gasteiger partial charge in [-0.2, -0.15) is 5.26 Å². The second kappa shape index (κ2) is 5.42. The van der Waals surface area contributed by atoms with Crippen molar-refractivity contribution >= 4 is 11.7 Å². The molecule has 0 aliphatic heterocycles. The second-order valence-electron chi connectivity index (χ2n) is 2.14. The molecule has 0 aliphatic carbocycles. The van der Waals surface area contributed by atoms with Crippen LogP contribution < -0.4 is 5.32 Å². The molecule has 0 saturated heterocycles. The van der Waals surface area contributed by atoms with Crippen LogP contribution in [0.3, 0.4) is 0 Å². The van der Waals surface area contributed by atoms with E-state index in [2.05, 4.69) is 5.32 Å². The van der Waals surface area contributed by atoms with Crippen molar-refractivity contribution in [1.82, 2.24) is 5.32 Å². The summed E-state index contributed by atoms with van der Waals surface area (Å²) in [5.41, 5.74) is 0. The molecule has 0 aromatic carbocycles. The topological polar surface area (TPSA) is 70.0 Å². The van der Waals surface area contributed by atoms with E-state index in [0.717, 1.165) is 0 Å². The van der Waals surface area contributed by atoms with Crippen molar-refractivity contribution in [1.29, 1.82) is 5.26 Å². The molecular weight excluding hydrogens is 144 g/mol. The molecule has 0 unspecified atom stereocenters. The Hall–Kier alpha value is -1.37. The first-order chi connectivity index (χ1) is 5.16. The van der Waals surface area contributed by atoms with Gasteiger partial charge in [0.25, 0.3) is 0 Å². The molecule has 0 saturated carbocycles. The number of nitrogens with zero attached hydrogens (tertiary/aromatic N) is 1. The summed E-state index contributed by atoms with van der Waals surface area (Å²) in [6.45, 7) is 1.44. The van der Waals surface area contributed by atoms with Gasteiger partial charge in [0.1, 0.15) is 12.3 Å². The quantitative estimate of drug-likeness (QED) is 0.579. The van der Waals surface area contributed by atoms with Crippen molar-refractivity contribution in [3.63, 3.8) is 0 Å². The van der Waals surface area contributed by atoms with Gasteiger partial charge in [-0.3, -0.25) is 4.79 Å². The van der Waals surface area contributed by atoms with Gasteiger partial charge in [0.05, 0.1) is 6.07 Å². The van der Waals surface area contributed by atoms with Crippen LogP contribution >= 0.6 is 0 Å². The zero-order valence-electron chi connectivity index (χ0n) is 6.39. The first kappa shape index (κ1) is 9.63. The number of carbonyl (C=O) groups excluding carboxylic acids is 2. The Balaban J connectivity index is 3.39. The summed E-state index contributed by atoms with van der Waals surface area (Å²) >= 11 is 0. The lowest BCUT2D eigenvalue weighted by Gasteiger charge is -1.96. The predicted octanol–water partition coefficient (Wildman–Crippen LogP) is -0.00462. The minimum Gasteiger partial charge on any atom is -0.343 e. The summed E-state index contributed by atoms with van der Waals surface area (Å²) in [7, 11) is 0. The maximum atomic E-state index is 10.7. The normalized spacial score (nSPS) is 8.36. The van der Waals surface area contributed by atoms with E-state index in [1.807, 2.05) is 0 Å². The number of hydrogen-bond acceptors (Lipinski definition) is 3. The van der Waals surface area contributed by atoms with Gasteiger partial charge in [0.15, 0.2) is 0 Å². The van der Waals surface area contributed by atoms with Gasteiger partial charge in [-0.05, 0) is 6.92 Å². The molecule has 0 rings (SSSR count). The number of nitrogens with one attached hydrogen (secondary N) is 1. The molecule has 1 amide bonds. The number of Topliss-reactive ketones (excluding diaryl/α,β-unsaturated/α-hetero) is 1. The van der Waals surface area contributed by atoms with Crippen LogP contribution in [-0.4, -0.2) is 18.2 Å². The van der Waals surface area contributed by atoms with E-state index in [1.165, 1.54) is 6.92 Å². The summed E-state index contributed by atoms with van der Waals surface area (Å²) in [5, 5.41) is 10.4. The molecule has 11 heavy (non-hydrogen) atoms. The fourth-order valence-electron chi connectivity index (χ4n) is 0.516. The second-order valence-corrected chi connectivity index (χ2v) is 2.14. The smallest absolute Gasteiger partial charge is 0.221 e. The standard InChI is InChI=1S/C7H10N2O2/c1-6(10)2-3-7(11)9-5-4-8/h2-3,5H2,1H3,(H,9,11). The van der Waals surface area contributed by atoms with Crippen LogP contribution in [0.5, 0.6) is 0 Å². The molecule has 4 nitrogen and oxygen atoms in total. The van der Waals surface area contributed by atoms with Crippen LogP contribution in [0.1, 0.15) is 19.8 Å². The van der Waals surface area contributed by atoms with E-state index < -0.39 is 0 Å². The molecule has 0 fully saturated rings. The molecule has 0 aliphatic rings. The lowest BCUT2D eigenvalue weighted by atomic mass is 10.2. The van der Waals surface area contributed by atoms with Crippen molar-refractivity contribution in [3.05, 3.63) is 0 Å². The van der Waals surface area contributed by atoms with Gasteiger partial charge >= 0.3 is 0 Å². The molecule has 60 valence electrons. The predicted molar refractivity (Wildman–Crippen MR) is 38.5 cm³/mol. The Kier molecular flexibility index (Phi) is 4.74. The molecule has 0 radical (unpaired) electrons. The lowest BCUT2D eigenvalue weighted by molar-refractivity contribution is -0.124. The fourth-order valence-corrected chi connectivity index (χ4v) is 0.516. The first-order valence-corrected chi connectivity index (χ1v) is 3.30. The highest BCUT2D eigenvalue weighted by Crippen LogP contribution is 1.88. The van der Waals surface area contributed by atoms with E-state index in [1.54, 1.807) is 6.07 Å². The van der Waals surface area contributed by atoms with Crippen molar-refractivity contribution in [2.24, 2.45) is 0 Å². The number of ketones is 1. The third-order valence-electron chi connectivity index (χ3n) is 1.07. The summed E-state index contributed by atoms with van der Waals surface area (Å²) in [5.74, 6) is -0.265. The minimum absolute atomic E-state index is 0.0107. The molecule has 0 aromatic heterocycles. The van der Waals surface area contributed by atoms with E-state index >= 15 is 0 Å². The molecule has 0 atom stereocenters. The van der Waals surface area contributed by atoms with Crippen molar-refractivity contribution in [2.45, 2.75) is 19.8 Å². The summed E-state index contributed by atoms with van der Waals surface area (Å²) in [6.07, 6.45) is 0.425. The van der Waals surface area contributed by atoms with Gasteiger partial charge in [-0.15, -0.1) is 0 Å². The number of nitriles is 1. The van der Waals surface area contributed by atoms with Crippen LogP contribution in [0.4, 0.5) is 0 Å². The highest BCUT2D eigenvalue weighted by Gasteiger charge is 2.01. The minimum atomic E-state index is -0.248. The van der Waals surface area contributed by atoms with Crippen molar-refractivity contribution < 1.29 is 9.59 Å². The molecule has 0 aromatic rings. The zero-order valence-corrected chi connectivity index (χ0v) is 6.39. The van der Waals surface area contributed by atoms with E-state index in [-0.39, 0.29) is 31.1 Å². The Morgan fingerprint density at radius 2 is 2.09 bits per heavy atom.